The van der Waals surface area contributed by atoms with Gasteiger partial charge in [0.2, 0.25) is 0 Å². The fourth-order valence-corrected chi connectivity index (χ4v) is 2.62. The van der Waals surface area contributed by atoms with Crippen LogP contribution in [0, 0.1) is 22.0 Å². The van der Waals surface area contributed by atoms with Crippen molar-refractivity contribution >= 4 is 17.3 Å². The highest BCUT2D eigenvalue weighted by atomic mass is 16.6. The molecule has 0 saturated carbocycles. The van der Waals surface area contributed by atoms with Crippen LogP contribution in [0.15, 0.2) is 18.2 Å². The minimum absolute atomic E-state index is 0.0354. The maximum atomic E-state index is 11.2. The molecule has 1 fully saturated rings. The van der Waals surface area contributed by atoms with Crippen LogP contribution in [0.5, 0.6) is 5.75 Å². The van der Waals surface area contributed by atoms with Crippen LogP contribution in [-0.2, 0) is 4.79 Å². The summed E-state index contributed by atoms with van der Waals surface area (Å²) in [6.45, 7) is 5.00. The van der Waals surface area contributed by atoms with Crippen molar-refractivity contribution in [1.82, 2.24) is 0 Å². The van der Waals surface area contributed by atoms with Gasteiger partial charge in [-0.15, -0.1) is 0 Å². The number of carbonyl (C=O) groups is 1. The molecule has 0 unspecified atom stereocenters. The van der Waals surface area contributed by atoms with Crippen LogP contribution in [-0.4, -0.2) is 35.7 Å². The number of carboxylic acids is 1. The molecule has 1 heterocycles. The molecule has 7 heteroatoms. The van der Waals surface area contributed by atoms with E-state index in [2.05, 4.69) is 0 Å². The van der Waals surface area contributed by atoms with Crippen LogP contribution in [0.25, 0.3) is 0 Å². The molecule has 7 nitrogen and oxygen atoms in total. The minimum Gasteiger partial charge on any atom is -0.487 e. The summed E-state index contributed by atoms with van der Waals surface area (Å²) in [5.74, 6) is -0.979. The van der Waals surface area contributed by atoms with Gasteiger partial charge in [0, 0.05) is 30.9 Å². The van der Waals surface area contributed by atoms with E-state index in [0.29, 0.717) is 19.7 Å². The quantitative estimate of drug-likeness (QED) is 0.660. The van der Waals surface area contributed by atoms with Crippen LogP contribution >= 0.6 is 0 Å². The molecule has 1 aromatic rings. The Hall–Kier alpha value is -2.31. The maximum Gasteiger partial charge on any atom is 0.311 e. The van der Waals surface area contributed by atoms with Gasteiger partial charge in [-0.2, -0.15) is 0 Å². The molecule has 1 aliphatic heterocycles. The van der Waals surface area contributed by atoms with Crippen LogP contribution < -0.4 is 9.64 Å². The fraction of sp³-hybridized carbons (Fsp3) is 0.500. The number of anilines is 1. The lowest BCUT2D eigenvalue weighted by Gasteiger charge is -2.19. The lowest BCUT2D eigenvalue weighted by atomic mass is 9.99. The van der Waals surface area contributed by atoms with E-state index < -0.39 is 16.8 Å². The first-order valence-electron chi connectivity index (χ1n) is 6.83. The molecule has 1 saturated heterocycles. The van der Waals surface area contributed by atoms with Crippen molar-refractivity contribution in [2.24, 2.45) is 11.8 Å². The first-order valence-corrected chi connectivity index (χ1v) is 6.83. The van der Waals surface area contributed by atoms with Gasteiger partial charge in [0.25, 0.3) is 0 Å². The summed E-state index contributed by atoms with van der Waals surface area (Å²) in [7, 11) is 0. The predicted molar refractivity (Wildman–Crippen MR) is 76.8 cm³/mol. The Kier molecular flexibility index (Phi) is 4.30. The van der Waals surface area contributed by atoms with E-state index in [1.807, 2.05) is 11.8 Å². The van der Waals surface area contributed by atoms with Gasteiger partial charge in [-0.05, 0) is 18.9 Å². The second-order valence-corrected chi connectivity index (χ2v) is 5.17. The van der Waals surface area contributed by atoms with Crippen molar-refractivity contribution in [1.29, 1.82) is 0 Å². The summed E-state index contributed by atoms with van der Waals surface area (Å²) in [6, 6.07) is 4.65. The number of carboxylic acid groups (broad SMARTS) is 1. The molecule has 0 radical (unpaired) electrons. The monoisotopic (exact) mass is 294 g/mol. The first-order chi connectivity index (χ1) is 9.93. The zero-order valence-corrected chi connectivity index (χ0v) is 12.0. The summed E-state index contributed by atoms with van der Waals surface area (Å²) in [5, 5.41) is 20.1. The SMILES string of the molecule is CCOc1cc(N2C[C@@H](C)[C@H](C(=O)O)C2)ccc1[N+](=O)[O-]. The zero-order valence-electron chi connectivity index (χ0n) is 12.0. The normalized spacial score (nSPS) is 21.3. The Balaban J connectivity index is 2.27. The fourth-order valence-electron chi connectivity index (χ4n) is 2.62. The largest absolute Gasteiger partial charge is 0.487 e. The lowest BCUT2D eigenvalue weighted by Crippen LogP contribution is -2.23. The second-order valence-electron chi connectivity index (χ2n) is 5.17. The third-order valence-corrected chi connectivity index (χ3v) is 3.73. The second kappa shape index (κ2) is 5.99. The highest BCUT2D eigenvalue weighted by molar-refractivity contribution is 5.73. The average Bonchev–Trinajstić information content (AvgIpc) is 2.81. The number of hydrogen-bond donors (Lipinski definition) is 1. The van der Waals surface area contributed by atoms with Crippen molar-refractivity contribution in [3.63, 3.8) is 0 Å². The average molecular weight is 294 g/mol. The van der Waals surface area contributed by atoms with Crippen LogP contribution in [0.2, 0.25) is 0 Å². The molecular weight excluding hydrogens is 276 g/mol. The zero-order chi connectivity index (χ0) is 15.6. The van der Waals surface area contributed by atoms with Gasteiger partial charge >= 0.3 is 11.7 Å². The number of nitro benzene ring substituents is 1. The van der Waals surface area contributed by atoms with Crippen molar-refractivity contribution < 1.29 is 19.6 Å². The maximum absolute atomic E-state index is 11.2. The molecule has 1 aliphatic rings. The summed E-state index contributed by atoms with van der Waals surface area (Å²) in [5.41, 5.74) is 0.669. The van der Waals surface area contributed by atoms with Gasteiger partial charge in [-0.1, -0.05) is 6.92 Å². The third kappa shape index (κ3) is 3.07. The Morgan fingerprint density at radius 2 is 2.24 bits per heavy atom. The summed E-state index contributed by atoms with van der Waals surface area (Å²) in [6.07, 6.45) is 0. The third-order valence-electron chi connectivity index (χ3n) is 3.73. The lowest BCUT2D eigenvalue weighted by molar-refractivity contribution is -0.385. The Morgan fingerprint density at radius 1 is 1.52 bits per heavy atom. The predicted octanol–water partition coefficient (Wildman–Crippen LogP) is 2.15. The number of rotatable bonds is 5. The molecule has 0 aromatic heterocycles. The molecule has 21 heavy (non-hydrogen) atoms. The molecule has 2 atom stereocenters. The topological polar surface area (TPSA) is 92.9 Å². The number of benzene rings is 1. The van der Waals surface area contributed by atoms with E-state index in [9.17, 15) is 14.9 Å². The number of nitro groups is 1. The summed E-state index contributed by atoms with van der Waals surface area (Å²) in [4.78, 5) is 23.6. The van der Waals surface area contributed by atoms with Crippen molar-refractivity contribution in [3.05, 3.63) is 28.3 Å². The Bertz CT molecular complexity index is 560. The van der Waals surface area contributed by atoms with Gasteiger partial charge < -0.3 is 14.7 Å². The van der Waals surface area contributed by atoms with E-state index in [0.717, 1.165) is 5.69 Å². The summed E-state index contributed by atoms with van der Waals surface area (Å²) >= 11 is 0. The molecule has 0 bridgehead atoms. The number of aliphatic carboxylic acids is 1. The van der Waals surface area contributed by atoms with Crippen molar-refractivity contribution in [2.45, 2.75) is 13.8 Å². The standard InChI is InChI=1S/C14H18N2O5/c1-3-21-13-6-10(4-5-12(13)16(19)20)15-7-9(2)11(8-15)14(17)18/h4-6,9,11H,3,7-8H2,1-2H3,(H,17,18)/t9-,11-/m1/s1. The highest BCUT2D eigenvalue weighted by Gasteiger charge is 2.35. The Labute approximate surface area is 122 Å². The van der Waals surface area contributed by atoms with E-state index >= 15 is 0 Å². The van der Waals surface area contributed by atoms with E-state index in [1.165, 1.54) is 6.07 Å². The molecule has 1 N–H and O–H groups in total. The minimum atomic E-state index is -0.808. The van der Waals surface area contributed by atoms with Gasteiger partial charge in [0.1, 0.15) is 0 Å². The number of ether oxygens (including phenoxy) is 1. The molecule has 0 amide bonds. The molecule has 114 valence electrons. The van der Waals surface area contributed by atoms with Gasteiger partial charge in [0.05, 0.1) is 17.4 Å². The van der Waals surface area contributed by atoms with Gasteiger partial charge in [0.15, 0.2) is 5.75 Å². The molecule has 0 aliphatic carbocycles. The van der Waals surface area contributed by atoms with Gasteiger partial charge in [-0.3, -0.25) is 14.9 Å². The van der Waals surface area contributed by atoms with E-state index in [1.54, 1.807) is 19.1 Å². The smallest absolute Gasteiger partial charge is 0.311 e. The van der Waals surface area contributed by atoms with Crippen molar-refractivity contribution in [2.75, 3.05) is 24.6 Å². The molecule has 2 rings (SSSR count). The van der Waals surface area contributed by atoms with Crippen LogP contribution in [0.3, 0.4) is 0 Å². The van der Waals surface area contributed by atoms with E-state index in [-0.39, 0.29) is 17.4 Å². The van der Waals surface area contributed by atoms with E-state index in [4.69, 9.17) is 9.84 Å². The summed E-state index contributed by atoms with van der Waals surface area (Å²) < 4.78 is 5.32. The van der Waals surface area contributed by atoms with Gasteiger partial charge in [-0.25, -0.2) is 0 Å². The number of hydrogen-bond acceptors (Lipinski definition) is 5. The van der Waals surface area contributed by atoms with Crippen molar-refractivity contribution in [3.8, 4) is 5.75 Å². The molecule has 1 aromatic carbocycles. The highest BCUT2D eigenvalue weighted by Crippen LogP contribution is 2.35. The Morgan fingerprint density at radius 3 is 2.76 bits per heavy atom. The number of nitrogens with zero attached hydrogens (tertiary/aromatic N) is 2. The van der Waals surface area contributed by atoms with Crippen LogP contribution in [0.4, 0.5) is 11.4 Å². The van der Waals surface area contributed by atoms with Crippen LogP contribution in [0.1, 0.15) is 13.8 Å². The molecule has 0 spiro atoms. The first kappa shape index (κ1) is 15.1. The molecular formula is C14H18N2O5.